The van der Waals surface area contributed by atoms with E-state index >= 15 is 0 Å². The van der Waals surface area contributed by atoms with E-state index < -0.39 is 0 Å². The van der Waals surface area contributed by atoms with Crippen molar-refractivity contribution < 1.29 is 5.11 Å². The third kappa shape index (κ3) is 5.55. The average molecular weight is 205 g/mol. The van der Waals surface area contributed by atoms with Crippen LogP contribution in [0.1, 0.15) is 33.6 Å². The first-order valence-electron chi connectivity index (χ1n) is 4.96. The Morgan fingerprint density at radius 2 is 2.15 bits per heavy atom. The summed E-state index contributed by atoms with van der Waals surface area (Å²) in [4.78, 5) is 0. The molecule has 80 valence electrons. The zero-order valence-corrected chi connectivity index (χ0v) is 10.1. The lowest BCUT2D eigenvalue weighted by atomic mass is 9.97. The normalized spacial score (nSPS) is 18.2. The van der Waals surface area contributed by atoms with Crippen LogP contribution in [0.25, 0.3) is 0 Å². The predicted octanol–water partition coefficient (Wildman–Crippen LogP) is 1.88. The second-order valence-electron chi connectivity index (χ2n) is 3.90. The van der Waals surface area contributed by atoms with Crippen LogP contribution in [0.3, 0.4) is 0 Å². The standard InChI is InChI=1S/C10H23NOS/c1-5-6-11-10(3,8-12)7-9(2)13-4/h9,11-12H,5-8H2,1-4H3. The third-order valence-corrected chi connectivity index (χ3v) is 3.26. The molecule has 0 radical (unpaired) electrons. The number of thioether (sulfide) groups is 1. The van der Waals surface area contributed by atoms with E-state index in [-0.39, 0.29) is 12.1 Å². The maximum Gasteiger partial charge on any atom is 0.0611 e. The van der Waals surface area contributed by atoms with Gasteiger partial charge in [-0.05, 0) is 32.6 Å². The number of aliphatic hydroxyl groups is 1. The van der Waals surface area contributed by atoms with Gasteiger partial charge in [-0.3, -0.25) is 0 Å². The lowest BCUT2D eigenvalue weighted by Gasteiger charge is -2.31. The van der Waals surface area contributed by atoms with Gasteiger partial charge in [0.2, 0.25) is 0 Å². The smallest absolute Gasteiger partial charge is 0.0611 e. The summed E-state index contributed by atoms with van der Waals surface area (Å²) in [5.41, 5.74) is -0.0988. The van der Waals surface area contributed by atoms with Crippen LogP contribution in [0.2, 0.25) is 0 Å². The van der Waals surface area contributed by atoms with Gasteiger partial charge in [0.05, 0.1) is 6.61 Å². The second-order valence-corrected chi connectivity index (χ2v) is 5.17. The van der Waals surface area contributed by atoms with Gasteiger partial charge in [0.1, 0.15) is 0 Å². The lowest BCUT2D eigenvalue weighted by Crippen LogP contribution is -2.47. The quantitative estimate of drug-likeness (QED) is 0.665. The maximum atomic E-state index is 9.28. The Bertz CT molecular complexity index is 132. The van der Waals surface area contributed by atoms with Crippen LogP contribution in [-0.2, 0) is 0 Å². The molecule has 3 heteroatoms. The van der Waals surface area contributed by atoms with Gasteiger partial charge in [0, 0.05) is 10.8 Å². The summed E-state index contributed by atoms with van der Waals surface area (Å²) < 4.78 is 0. The molecule has 0 aliphatic heterocycles. The van der Waals surface area contributed by atoms with Crippen molar-refractivity contribution in [2.24, 2.45) is 0 Å². The molecule has 0 saturated carbocycles. The van der Waals surface area contributed by atoms with Crippen molar-refractivity contribution in [2.75, 3.05) is 19.4 Å². The maximum absolute atomic E-state index is 9.28. The molecule has 0 aliphatic rings. The Hall–Kier alpha value is 0.270. The van der Waals surface area contributed by atoms with E-state index in [0.717, 1.165) is 19.4 Å². The minimum absolute atomic E-state index is 0.0988. The topological polar surface area (TPSA) is 32.3 Å². The van der Waals surface area contributed by atoms with Crippen LogP contribution in [0, 0.1) is 0 Å². The zero-order chi connectivity index (χ0) is 10.3. The Kier molecular flexibility index (Phi) is 6.82. The first kappa shape index (κ1) is 13.3. The number of hydrogen-bond donors (Lipinski definition) is 2. The number of hydrogen-bond acceptors (Lipinski definition) is 3. The number of aliphatic hydroxyl groups excluding tert-OH is 1. The molecule has 0 rings (SSSR count). The van der Waals surface area contributed by atoms with Gasteiger partial charge in [0.15, 0.2) is 0 Å². The molecule has 0 aromatic carbocycles. The minimum Gasteiger partial charge on any atom is -0.394 e. The summed E-state index contributed by atoms with van der Waals surface area (Å²) in [6.45, 7) is 7.64. The molecule has 2 unspecified atom stereocenters. The van der Waals surface area contributed by atoms with Gasteiger partial charge >= 0.3 is 0 Å². The van der Waals surface area contributed by atoms with E-state index in [1.807, 2.05) is 11.8 Å². The molecule has 2 atom stereocenters. The molecule has 2 N–H and O–H groups in total. The molecule has 0 amide bonds. The molecular weight excluding hydrogens is 182 g/mol. The molecular formula is C10H23NOS. The van der Waals surface area contributed by atoms with Gasteiger partial charge in [-0.25, -0.2) is 0 Å². The SMILES string of the molecule is CCCNC(C)(CO)CC(C)SC. The van der Waals surface area contributed by atoms with Crippen LogP contribution in [0.4, 0.5) is 0 Å². The number of rotatable bonds is 7. The van der Waals surface area contributed by atoms with Crippen LogP contribution < -0.4 is 5.32 Å². The van der Waals surface area contributed by atoms with Crippen molar-refractivity contribution in [1.82, 2.24) is 5.32 Å². The van der Waals surface area contributed by atoms with Crippen LogP contribution in [0.15, 0.2) is 0 Å². The Balaban J connectivity index is 3.94. The zero-order valence-electron chi connectivity index (χ0n) is 9.26. The molecule has 0 bridgehead atoms. The summed E-state index contributed by atoms with van der Waals surface area (Å²) >= 11 is 1.85. The Labute approximate surface area is 86.5 Å². The Morgan fingerprint density at radius 3 is 2.54 bits per heavy atom. The molecule has 0 heterocycles. The first-order chi connectivity index (χ1) is 6.08. The summed E-state index contributed by atoms with van der Waals surface area (Å²) in [5, 5.41) is 13.3. The van der Waals surface area contributed by atoms with Crippen molar-refractivity contribution >= 4 is 11.8 Å². The summed E-state index contributed by atoms with van der Waals surface area (Å²) in [6.07, 6.45) is 4.25. The summed E-state index contributed by atoms with van der Waals surface area (Å²) in [7, 11) is 0. The van der Waals surface area contributed by atoms with Crippen molar-refractivity contribution in [2.45, 2.75) is 44.4 Å². The van der Waals surface area contributed by atoms with Crippen LogP contribution >= 0.6 is 11.8 Å². The van der Waals surface area contributed by atoms with Crippen LogP contribution in [0.5, 0.6) is 0 Å². The highest BCUT2D eigenvalue weighted by Gasteiger charge is 2.24. The lowest BCUT2D eigenvalue weighted by molar-refractivity contribution is 0.166. The van der Waals surface area contributed by atoms with Gasteiger partial charge in [-0.2, -0.15) is 11.8 Å². The molecule has 0 aromatic rings. The van der Waals surface area contributed by atoms with Crippen molar-refractivity contribution in [3.05, 3.63) is 0 Å². The van der Waals surface area contributed by atoms with Gasteiger partial charge < -0.3 is 10.4 Å². The highest BCUT2D eigenvalue weighted by Crippen LogP contribution is 2.19. The van der Waals surface area contributed by atoms with Gasteiger partial charge in [0.25, 0.3) is 0 Å². The van der Waals surface area contributed by atoms with E-state index in [1.165, 1.54) is 0 Å². The third-order valence-electron chi connectivity index (χ3n) is 2.29. The van der Waals surface area contributed by atoms with E-state index in [0.29, 0.717) is 5.25 Å². The largest absolute Gasteiger partial charge is 0.394 e. The summed E-state index contributed by atoms with van der Waals surface area (Å²) in [5.74, 6) is 0. The monoisotopic (exact) mass is 205 g/mol. The highest BCUT2D eigenvalue weighted by molar-refractivity contribution is 7.99. The molecule has 0 fully saturated rings. The summed E-state index contributed by atoms with van der Waals surface area (Å²) in [6, 6.07) is 0. The fraction of sp³-hybridized carbons (Fsp3) is 1.00. The Morgan fingerprint density at radius 1 is 1.54 bits per heavy atom. The van der Waals surface area contributed by atoms with E-state index in [9.17, 15) is 5.11 Å². The van der Waals surface area contributed by atoms with Crippen LogP contribution in [-0.4, -0.2) is 35.3 Å². The molecule has 13 heavy (non-hydrogen) atoms. The molecule has 0 aromatic heterocycles. The second kappa shape index (κ2) is 6.68. The van der Waals surface area contributed by atoms with Crippen molar-refractivity contribution in [3.8, 4) is 0 Å². The predicted molar refractivity (Wildman–Crippen MR) is 61.4 cm³/mol. The first-order valence-corrected chi connectivity index (χ1v) is 6.25. The molecule has 0 saturated heterocycles. The molecule has 2 nitrogen and oxygen atoms in total. The fourth-order valence-electron chi connectivity index (χ4n) is 1.34. The fourth-order valence-corrected chi connectivity index (χ4v) is 1.87. The van der Waals surface area contributed by atoms with E-state index in [1.54, 1.807) is 0 Å². The highest BCUT2D eigenvalue weighted by atomic mass is 32.2. The molecule has 0 aliphatic carbocycles. The van der Waals surface area contributed by atoms with Gasteiger partial charge in [-0.15, -0.1) is 0 Å². The van der Waals surface area contributed by atoms with E-state index in [2.05, 4.69) is 32.3 Å². The van der Waals surface area contributed by atoms with Crippen molar-refractivity contribution in [3.63, 3.8) is 0 Å². The van der Waals surface area contributed by atoms with Crippen molar-refractivity contribution in [1.29, 1.82) is 0 Å². The average Bonchev–Trinajstić information content (AvgIpc) is 2.14. The van der Waals surface area contributed by atoms with Gasteiger partial charge in [-0.1, -0.05) is 13.8 Å². The number of nitrogens with one attached hydrogen (secondary N) is 1. The molecule has 0 spiro atoms. The van der Waals surface area contributed by atoms with E-state index in [4.69, 9.17) is 0 Å². The minimum atomic E-state index is -0.0988.